The SMILES string of the molecule is O=S(=O)(OF)C(F)(F)CCCCC(F)(F)F.c1ccncc1. The minimum Gasteiger partial charge on any atom is -0.265 e. The van der Waals surface area contributed by atoms with Crippen molar-refractivity contribution < 1.29 is 39.3 Å². The Balaban J connectivity index is 0.000000604. The molecule has 0 bridgehead atoms. The number of aromatic nitrogens is 1. The molecule has 0 amide bonds. The normalized spacial score (nSPS) is 12.5. The van der Waals surface area contributed by atoms with Crippen LogP contribution in [0.3, 0.4) is 0 Å². The number of hydrogen-bond donors (Lipinski definition) is 0. The number of pyridine rings is 1. The summed E-state index contributed by atoms with van der Waals surface area (Å²) >= 11 is 0. The third kappa shape index (κ3) is 8.82. The van der Waals surface area contributed by atoms with Crippen molar-refractivity contribution in [3.8, 4) is 0 Å². The van der Waals surface area contributed by atoms with Gasteiger partial charge in [0.2, 0.25) is 0 Å². The highest BCUT2D eigenvalue weighted by Crippen LogP contribution is 2.31. The van der Waals surface area contributed by atoms with Crippen LogP contribution < -0.4 is 0 Å². The molecule has 4 nitrogen and oxygen atoms in total. The van der Waals surface area contributed by atoms with Gasteiger partial charge in [0.15, 0.2) is 0 Å². The zero-order chi connectivity index (χ0) is 17.3. The van der Waals surface area contributed by atoms with Crippen LogP contribution in [0.15, 0.2) is 30.6 Å². The molecule has 0 aliphatic rings. The van der Waals surface area contributed by atoms with Crippen LogP contribution in [0.1, 0.15) is 25.7 Å². The van der Waals surface area contributed by atoms with Gasteiger partial charge >= 0.3 is 21.5 Å². The molecule has 1 rings (SSSR count). The van der Waals surface area contributed by atoms with E-state index in [1.165, 1.54) is 0 Å². The second-order valence-corrected chi connectivity index (χ2v) is 5.63. The van der Waals surface area contributed by atoms with Gasteiger partial charge in [-0.05, 0) is 29.5 Å². The molecule has 0 aromatic carbocycles. The van der Waals surface area contributed by atoms with E-state index in [4.69, 9.17) is 0 Å². The van der Waals surface area contributed by atoms with Gasteiger partial charge in [0.05, 0.1) is 0 Å². The van der Waals surface area contributed by atoms with Crippen LogP contribution in [0.4, 0.5) is 26.5 Å². The summed E-state index contributed by atoms with van der Waals surface area (Å²) in [5, 5.41) is -4.52. The minimum absolute atomic E-state index is 0.666. The highest BCUT2D eigenvalue weighted by Gasteiger charge is 2.46. The van der Waals surface area contributed by atoms with E-state index in [1.54, 1.807) is 12.4 Å². The maximum absolute atomic E-state index is 12.6. The first-order valence-corrected chi connectivity index (χ1v) is 7.27. The fourth-order valence-corrected chi connectivity index (χ4v) is 1.63. The standard InChI is InChI=1S/C6H8F6O3S.C5H5N/c7-5(8,9)3-1-2-4-6(10,11)16(13,14)15-12;1-2-4-6-5-3-1/h1-4H2;1-5H. The van der Waals surface area contributed by atoms with Gasteiger partial charge in [-0.3, -0.25) is 4.98 Å². The second kappa shape index (κ2) is 8.93. The lowest BCUT2D eigenvalue weighted by molar-refractivity contribution is -0.136. The van der Waals surface area contributed by atoms with Crippen LogP contribution in [0, 0.1) is 0 Å². The van der Waals surface area contributed by atoms with Gasteiger partial charge in [0.1, 0.15) is 0 Å². The van der Waals surface area contributed by atoms with Crippen molar-refractivity contribution in [3.05, 3.63) is 30.6 Å². The van der Waals surface area contributed by atoms with Crippen molar-refractivity contribution in [2.45, 2.75) is 37.1 Å². The fourth-order valence-electron chi connectivity index (χ4n) is 1.14. The van der Waals surface area contributed by atoms with Crippen molar-refractivity contribution >= 4 is 10.1 Å². The molecule has 0 atom stereocenters. The van der Waals surface area contributed by atoms with Crippen LogP contribution in [0.2, 0.25) is 0 Å². The smallest absolute Gasteiger partial charge is 0.265 e. The Bertz CT molecular complexity index is 480. The Hall–Kier alpha value is -1.36. The molecule has 1 aromatic heterocycles. The third-order valence-electron chi connectivity index (χ3n) is 2.19. The maximum Gasteiger partial charge on any atom is 0.389 e. The quantitative estimate of drug-likeness (QED) is 0.573. The Kier molecular flexibility index (Phi) is 8.38. The number of nitrogens with zero attached hydrogens (tertiary/aromatic N) is 1. The predicted octanol–water partition coefficient (Wildman–Crippen LogP) is 4.01. The first kappa shape index (κ1) is 20.6. The van der Waals surface area contributed by atoms with Gasteiger partial charge < -0.3 is 0 Å². The average molecular weight is 353 g/mol. The van der Waals surface area contributed by atoms with E-state index in [0.717, 1.165) is 0 Å². The number of hydrogen-bond acceptors (Lipinski definition) is 4. The summed E-state index contributed by atoms with van der Waals surface area (Å²) in [6.45, 7) is 0. The van der Waals surface area contributed by atoms with Gasteiger partial charge in [0, 0.05) is 25.2 Å². The number of rotatable bonds is 6. The molecule has 1 aromatic rings. The minimum atomic E-state index is -5.69. The summed E-state index contributed by atoms with van der Waals surface area (Å²) in [7, 11) is -5.69. The zero-order valence-electron chi connectivity index (χ0n) is 11.1. The molecule has 0 spiro atoms. The summed E-state index contributed by atoms with van der Waals surface area (Å²) in [5.41, 5.74) is 0. The number of halogens is 6. The van der Waals surface area contributed by atoms with E-state index in [9.17, 15) is 34.9 Å². The molecule has 0 radical (unpaired) electrons. The first-order valence-electron chi connectivity index (χ1n) is 5.86. The summed E-state index contributed by atoms with van der Waals surface area (Å²) < 4.78 is 93.7. The molecule has 0 aliphatic heterocycles. The molecule has 128 valence electrons. The van der Waals surface area contributed by atoms with Gasteiger partial charge in [-0.15, -0.1) is 0 Å². The third-order valence-corrected chi connectivity index (χ3v) is 3.29. The lowest BCUT2D eigenvalue weighted by Crippen LogP contribution is -2.28. The van der Waals surface area contributed by atoms with Crippen LogP contribution >= 0.6 is 0 Å². The fraction of sp³-hybridized carbons (Fsp3) is 0.545. The Labute approximate surface area is 123 Å². The molecule has 1 heterocycles. The van der Waals surface area contributed by atoms with Crippen LogP contribution in [-0.4, -0.2) is 24.8 Å². The monoisotopic (exact) mass is 353 g/mol. The van der Waals surface area contributed by atoms with E-state index in [2.05, 4.69) is 9.37 Å². The van der Waals surface area contributed by atoms with Crippen molar-refractivity contribution in [1.29, 1.82) is 0 Å². The van der Waals surface area contributed by atoms with E-state index in [-0.39, 0.29) is 0 Å². The molecular formula is C11H13F6NO3S. The molecule has 0 saturated carbocycles. The molecule has 0 saturated heterocycles. The summed E-state index contributed by atoms with van der Waals surface area (Å²) in [4.78, 5) is 3.78. The first-order chi connectivity index (χ1) is 10.0. The molecular weight excluding hydrogens is 340 g/mol. The zero-order valence-corrected chi connectivity index (χ0v) is 11.9. The molecule has 0 N–H and O–H groups in total. The van der Waals surface area contributed by atoms with Crippen molar-refractivity contribution in [2.75, 3.05) is 0 Å². The van der Waals surface area contributed by atoms with Crippen LogP contribution in [0.25, 0.3) is 0 Å². The average Bonchev–Trinajstić information content (AvgIpc) is 2.45. The lowest BCUT2D eigenvalue weighted by Gasteiger charge is -2.13. The molecule has 0 aliphatic carbocycles. The van der Waals surface area contributed by atoms with E-state index in [0.29, 0.717) is 0 Å². The summed E-state index contributed by atoms with van der Waals surface area (Å²) in [6, 6.07) is 5.72. The van der Waals surface area contributed by atoms with Crippen molar-refractivity contribution in [1.82, 2.24) is 4.98 Å². The van der Waals surface area contributed by atoms with E-state index >= 15 is 0 Å². The summed E-state index contributed by atoms with van der Waals surface area (Å²) in [5.74, 6) is 0. The lowest BCUT2D eigenvalue weighted by atomic mass is 10.2. The van der Waals surface area contributed by atoms with Gasteiger partial charge in [-0.1, -0.05) is 10.5 Å². The Morgan fingerprint density at radius 2 is 1.41 bits per heavy atom. The van der Waals surface area contributed by atoms with Gasteiger partial charge in [-0.2, -0.15) is 30.4 Å². The molecule has 0 unspecified atom stereocenters. The molecule has 0 fully saturated rings. The number of alkyl halides is 5. The topological polar surface area (TPSA) is 56.3 Å². The second-order valence-electron chi connectivity index (χ2n) is 4.00. The Morgan fingerprint density at radius 3 is 1.73 bits per heavy atom. The van der Waals surface area contributed by atoms with Crippen LogP contribution in [0.5, 0.6) is 0 Å². The molecule has 22 heavy (non-hydrogen) atoms. The van der Waals surface area contributed by atoms with Crippen molar-refractivity contribution in [3.63, 3.8) is 0 Å². The van der Waals surface area contributed by atoms with E-state index < -0.39 is 47.2 Å². The largest absolute Gasteiger partial charge is 0.389 e. The predicted molar refractivity (Wildman–Crippen MR) is 64.8 cm³/mol. The Morgan fingerprint density at radius 1 is 0.909 bits per heavy atom. The maximum atomic E-state index is 12.6. The number of unbranched alkanes of at least 4 members (excludes halogenated alkanes) is 1. The summed E-state index contributed by atoms with van der Waals surface area (Å²) in [6.07, 6.45) is -5.10. The van der Waals surface area contributed by atoms with Crippen LogP contribution in [-0.2, 0) is 14.5 Å². The highest BCUT2D eigenvalue weighted by atomic mass is 32.2. The highest BCUT2D eigenvalue weighted by molar-refractivity contribution is 7.87. The van der Waals surface area contributed by atoms with E-state index in [1.807, 2.05) is 18.2 Å². The van der Waals surface area contributed by atoms with Gasteiger partial charge in [0.25, 0.3) is 0 Å². The van der Waals surface area contributed by atoms with Gasteiger partial charge in [-0.25, -0.2) is 0 Å². The molecule has 11 heteroatoms. The van der Waals surface area contributed by atoms with Crippen molar-refractivity contribution in [2.24, 2.45) is 0 Å².